The molecule has 0 saturated heterocycles. The summed E-state index contributed by atoms with van der Waals surface area (Å²) in [7, 11) is 0. The maximum atomic E-state index is 11.7. The molecule has 1 heterocycles. The van der Waals surface area contributed by atoms with Gasteiger partial charge in [0.1, 0.15) is 0 Å². The number of aliphatic hydroxyl groups excluding tert-OH is 1. The monoisotopic (exact) mass is 345 g/mol. The van der Waals surface area contributed by atoms with Crippen LogP contribution in [-0.4, -0.2) is 23.7 Å². The van der Waals surface area contributed by atoms with Crippen LogP contribution in [-0.2, 0) is 11.2 Å². The molecule has 1 aromatic rings. The first-order chi connectivity index (χ1) is 9.15. The standard InChI is InChI=1S/C14H20BrNO2S/c15-11-7-12(19-9-11)5-6-14(18)16-8-13(17)10-3-1-2-4-10/h7,9-10,13,17H,1-6,8H2,(H,16,18). The van der Waals surface area contributed by atoms with Crippen molar-refractivity contribution in [3.05, 3.63) is 20.8 Å². The van der Waals surface area contributed by atoms with E-state index in [4.69, 9.17) is 0 Å². The Labute approximate surface area is 126 Å². The van der Waals surface area contributed by atoms with Crippen LogP contribution in [0.15, 0.2) is 15.9 Å². The Morgan fingerprint density at radius 3 is 2.89 bits per heavy atom. The molecule has 0 aromatic carbocycles. The molecule has 3 nitrogen and oxygen atoms in total. The zero-order valence-corrected chi connectivity index (χ0v) is 13.3. The third kappa shape index (κ3) is 4.89. The van der Waals surface area contributed by atoms with E-state index in [1.807, 2.05) is 11.4 Å². The van der Waals surface area contributed by atoms with Crippen LogP contribution in [0.2, 0.25) is 0 Å². The lowest BCUT2D eigenvalue weighted by molar-refractivity contribution is -0.121. The molecule has 0 aliphatic heterocycles. The van der Waals surface area contributed by atoms with E-state index in [1.54, 1.807) is 11.3 Å². The first-order valence-electron chi connectivity index (χ1n) is 6.83. The molecule has 19 heavy (non-hydrogen) atoms. The van der Waals surface area contributed by atoms with Gasteiger partial charge in [-0.25, -0.2) is 0 Å². The number of thiophene rings is 1. The smallest absolute Gasteiger partial charge is 0.220 e. The summed E-state index contributed by atoms with van der Waals surface area (Å²) in [6.07, 6.45) is 5.50. The second-order valence-electron chi connectivity index (χ2n) is 5.15. The van der Waals surface area contributed by atoms with Gasteiger partial charge in [-0.2, -0.15) is 0 Å². The number of hydrogen-bond donors (Lipinski definition) is 2. The average Bonchev–Trinajstić information content (AvgIpc) is 3.04. The fraction of sp³-hybridized carbons (Fsp3) is 0.643. The molecule has 1 atom stereocenters. The minimum absolute atomic E-state index is 0.0292. The minimum Gasteiger partial charge on any atom is -0.391 e. The van der Waals surface area contributed by atoms with Crippen LogP contribution in [0.25, 0.3) is 0 Å². The number of aryl methyl sites for hydroxylation is 1. The molecule has 1 aliphatic rings. The molecule has 1 unspecified atom stereocenters. The summed E-state index contributed by atoms with van der Waals surface area (Å²) in [4.78, 5) is 12.9. The molecule has 1 fully saturated rings. The van der Waals surface area contributed by atoms with Gasteiger partial charge in [-0.3, -0.25) is 4.79 Å². The van der Waals surface area contributed by atoms with E-state index in [0.717, 1.165) is 23.7 Å². The van der Waals surface area contributed by atoms with E-state index in [0.29, 0.717) is 18.9 Å². The van der Waals surface area contributed by atoms with Crippen LogP contribution in [0.4, 0.5) is 0 Å². The highest BCUT2D eigenvalue weighted by Crippen LogP contribution is 2.27. The molecule has 0 bridgehead atoms. The summed E-state index contributed by atoms with van der Waals surface area (Å²) in [5.41, 5.74) is 0. The van der Waals surface area contributed by atoms with E-state index in [9.17, 15) is 9.90 Å². The number of halogens is 1. The number of hydrogen-bond acceptors (Lipinski definition) is 3. The van der Waals surface area contributed by atoms with E-state index in [2.05, 4.69) is 21.2 Å². The Morgan fingerprint density at radius 2 is 2.26 bits per heavy atom. The van der Waals surface area contributed by atoms with Crippen molar-refractivity contribution < 1.29 is 9.90 Å². The zero-order valence-electron chi connectivity index (χ0n) is 10.9. The number of aliphatic hydroxyl groups is 1. The topological polar surface area (TPSA) is 49.3 Å². The molecule has 2 N–H and O–H groups in total. The first-order valence-corrected chi connectivity index (χ1v) is 8.50. The quantitative estimate of drug-likeness (QED) is 0.832. The zero-order chi connectivity index (χ0) is 13.7. The molecule has 1 aromatic heterocycles. The van der Waals surface area contributed by atoms with Crippen LogP contribution in [0.5, 0.6) is 0 Å². The van der Waals surface area contributed by atoms with E-state index >= 15 is 0 Å². The fourth-order valence-electron chi connectivity index (χ4n) is 2.54. The normalized spacial score (nSPS) is 17.6. The maximum absolute atomic E-state index is 11.7. The SMILES string of the molecule is O=C(CCc1cc(Br)cs1)NCC(O)C1CCCC1. The number of amides is 1. The molecule has 1 saturated carbocycles. The van der Waals surface area contributed by atoms with Gasteiger partial charge >= 0.3 is 0 Å². The van der Waals surface area contributed by atoms with Crippen LogP contribution >= 0.6 is 27.3 Å². The molecule has 106 valence electrons. The molecule has 2 rings (SSSR count). The average molecular weight is 346 g/mol. The van der Waals surface area contributed by atoms with Crippen LogP contribution in [0.3, 0.4) is 0 Å². The van der Waals surface area contributed by atoms with Gasteiger partial charge in [0, 0.05) is 27.7 Å². The Kier molecular flexibility index (Phi) is 5.85. The van der Waals surface area contributed by atoms with Gasteiger partial charge in [0.2, 0.25) is 5.91 Å². The lowest BCUT2D eigenvalue weighted by atomic mass is 10.0. The highest BCUT2D eigenvalue weighted by atomic mass is 79.9. The van der Waals surface area contributed by atoms with E-state index < -0.39 is 0 Å². The summed E-state index contributed by atoms with van der Waals surface area (Å²) < 4.78 is 1.07. The molecular weight excluding hydrogens is 326 g/mol. The minimum atomic E-state index is -0.373. The van der Waals surface area contributed by atoms with Crippen molar-refractivity contribution in [3.8, 4) is 0 Å². The van der Waals surface area contributed by atoms with Gasteiger partial charge in [0.15, 0.2) is 0 Å². The maximum Gasteiger partial charge on any atom is 0.220 e. The Hall–Kier alpha value is -0.390. The highest BCUT2D eigenvalue weighted by Gasteiger charge is 2.23. The van der Waals surface area contributed by atoms with Crippen LogP contribution in [0.1, 0.15) is 37.0 Å². The van der Waals surface area contributed by atoms with Gasteiger partial charge in [0.25, 0.3) is 0 Å². The lowest BCUT2D eigenvalue weighted by Gasteiger charge is -2.17. The first kappa shape index (κ1) is 15.0. The fourth-order valence-corrected chi connectivity index (χ4v) is 3.99. The molecule has 1 aliphatic carbocycles. The molecule has 5 heteroatoms. The third-order valence-electron chi connectivity index (χ3n) is 3.67. The van der Waals surface area contributed by atoms with Crippen molar-refractivity contribution in [2.24, 2.45) is 5.92 Å². The Balaban J connectivity index is 1.64. The predicted octanol–water partition coefficient (Wildman–Crippen LogP) is 3.11. The van der Waals surface area contributed by atoms with Gasteiger partial charge in [0.05, 0.1) is 6.10 Å². The van der Waals surface area contributed by atoms with E-state index in [-0.39, 0.29) is 12.0 Å². The lowest BCUT2D eigenvalue weighted by Crippen LogP contribution is -2.35. The third-order valence-corrected chi connectivity index (χ3v) is 5.43. The molecule has 0 radical (unpaired) electrons. The number of rotatable bonds is 6. The van der Waals surface area contributed by atoms with Gasteiger partial charge < -0.3 is 10.4 Å². The van der Waals surface area contributed by atoms with Gasteiger partial charge in [-0.1, -0.05) is 12.8 Å². The predicted molar refractivity (Wildman–Crippen MR) is 81.3 cm³/mol. The van der Waals surface area contributed by atoms with Crippen molar-refractivity contribution in [1.82, 2.24) is 5.32 Å². The molecular formula is C14H20BrNO2S. The van der Waals surface area contributed by atoms with Gasteiger partial charge in [-0.15, -0.1) is 11.3 Å². The van der Waals surface area contributed by atoms with Crippen molar-refractivity contribution in [3.63, 3.8) is 0 Å². The summed E-state index contributed by atoms with van der Waals surface area (Å²) in [5.74, 6) is 0.412. The summed E-state index contributed by atoms with van der Waals surface area (Å²) in [6.45, 7) is 0.400. The number of carbonyl (C=O) groups excluding carboxylic acids is 1. The number of carbonyl (C=O) groups is 1. The largest absolute Gasteiger partial charge is 0.391 e. The van der Waals surface area contributed by atoms with Crippen molar-refractivity contribution >= 4 is 33.2 Å². The second-order valence-corrected chi connectivity index (χ2v) is 7.06. The summed E-state index contributed by atoms with van der Waals surface area (Å²) >= 11 is 5.06. The second kappa shape index (κ2) is 7.41. The van der Waals surface area contributed by atoms with Crippen molar-refractivity contribution in [2.45, 2.75) is 44.6 Å². The van der Waals surface area contributed by atoms with Crippen molar-refractivity contribution in [2.75, 3.05) is 6.54 Å². The van der Waals surface area contributed by atoms with Gasteiger partial charge in [-0.05, 0) is 47.2 Å². The summed E-state index contributed by atoms with van der Waals surface area (Å²) in [6, 6.07) is 2.05. The van der Waals surface area contributed by atoms with Crippen LogP contribution in [0, 0.1) is 5.92 Å². The van der Waals surface area contributed by atoms with Crippen molar-refractivity contribution in [1.29, 1.82) is 0 Å². The summed E-state index contributed by atoms with van der Waals surface area (Å²) in [5, 5.41) is 14.8. The molecule has 0 spiro atoms. The van der Waals surface area contributed by atoms with E-state index in [1.165, 1.54) is 17.7 Å². The Morgan fingerprint density at radius 1 is 1.53 bits per heavy atom. The Bertz CT molecular complexity index is 415. The van der Waals surface area contributed by atoms with Crippen LogP contribution < -0.4 is 5.32 Å². The highest BCUT2D eigenvalue weighted by molar-refractivity contribution is 9.10. The molecule has 1 amide bonds. The number of nitrogens with one attached hydrogen (secondary N) is 1.